The maximum absolute atomic E-state index is 12.4. The van der Waals surface area contributed by atoms with Gasteiger partial charge < -0.3 is 14.3 Å². The van der Waals surface area contributed by atoms with Crippen LogP contribution in [0.2, 0.25) is 0 Å². The van der Waals surface area contributed by atoms with Crippen LogP contribution in [0.3, 0.4) is 0 Å². The SMILES string of the molecule is CC[C@H](C)C/C(=N\OC(=O)c1ccc(Br)cc1)[C@H]1CO[C@]2(C)OC[C@H]1[C@H]2C. The molecule has 2 bridgehead atoms. The summed E-state index contributed by atoms with van der Waals surface area (Å²) in [5.41, 5.74) is 1.38. The molecule has 2 fully saturated rings. The van der Waals surface area contributed by atoms with Crippen molar-refractivity contribution in [2.45, 2.75) is 46.3 Å². The Morgan fingerprint density at radius 2 is 2.00 bits per heavy atom. The number of rotatable bonds is 6. The lowest BCUT2D eigenvalue weighted by atomic mass is 9.75. The number of nitrogens with zero attached hydrogens (tertiary/aromatic N) is 1. The summed E-state index contributed by atoms with van der Waals surface area (Å²) in [6.45, 7) is 9.73. The van der Waals surface area contributed by atoms with Gasteiger partial charge in [-0.15, -0.1) is 0 Å². The second-order valence-corrected chi connectivity index (χ2v) is 8.80. The van der Waals surface area contributed by atoms with Gasteiger partial charge in [0.15, 0.2) is 5.79 Å². The summed E-state index contributed by atoms with van der Waals surface area (Å²) in [4.78, 5) is 17.7. The molecule has 5 atom stereocenters. The van der Waals surface area contributed by atoms with Crippen LogP contribution in [-0.4, -0.2) is 30.7 Å². The van der Waals surface area contributed by atoms with E-state index in [0.717, 1.165) is 23.0 Å². The molecule has 27 heavy (non-hydrogen) atoms. The fourth-order valence-electron chi connectivity index (χ4n) is 3.78. The summed E-state index contributed by atoms with van der Waals surface area (Å²) in [6, 6.07) is 7.07. The second-order valence-electron chi connectivity index (χ2n) is 7.88. The van der Waals surface area contributed by atoms with Gasteiger partial charge in [-0.1, -0.05) is 48.3 Å². The molecule has 0 radical (unpaired) electrons. The van der Waals surface area contributed by atoms with Crippen LogP contribution in [0, 0.1) is 23.7 Å². The van der Waals surface area contributed by atoms with Crippen LogP contribution in [-0.2, 0) is 14.3 Å². The minimum absolute atomic E-state index is 0.113. The number of carbonyl (C=O) groups is 1. The van der Waals surface area contributed by atoms with Gasteiger partial charge in [0.05, 0.1) is 24.5 Å². The summed E-state index contributed by atoms with van der Waals surface area (Å²) in [6.07, 6.45) is 1.83. The van der Waals surface area contributed by atoms with Crippen molar-refractivity contribution in [3.05, 3.63) is 34.3 Å². The maximum Gasteiger partial charge on any atom is 0.365 e. The summed E-state index contributed by atoms with van der Waals surface area (Å²) in [7, 11) is 0. The van der Waals surface area contributed by atoms with E-state index in [9.17, 15) is 4.79 Å². The largest absolute Gasteiger partial charge is 0.365 e. The topological polar surface area (TPSA) is 57.1 Å². The quantitative estimate of drug-likeness (QED) is 0.355. The van der Waals surface area contributed by atoms with Crippen LogP contribution in [0.4, 0.5) is 0 Å². The number of ether oxygens (including phenoxy) is 2. The molecule has 2 saturated heterocycles. The van der Waals surface area contributed by atoms with E-state index in [4.69, 9.17) is 14.3 Å². The highest BCUT2D eigenvalue weighted by atomic mass is 79.9. The van der Waals surface area contributed by atoms with Crippen LogP contribution in [0.5, 0.6) is 0 Å². The molecule has 148 valence electrons. The summed E-state index contributed by atoms with van der Waals surface area (Å²) in [5, 5.41) is 4.33. The second kappa shape index (κ2) is 8.41. The fraction of sp³-hybridized carbons (Fsp3) is 0.619. The number of fused-ring (bicyclic) bond motifs is 2. The molecule has 2 aliphatic rings. The zero-order valence-electron chi connectivity index (χ0n) is 16.4. The molecule has 1 aromatic carbocycles. The first-order valence-electron chi connectivity index (χ1n) is 9.65. The van der Waals surface area contributed by atoms with Gasteiger partial charge in [0, 0.05) is 22.2 Å². The van der Waals surface area contributed by atoms with Crippen molar-refractivity contribution in [2.24, 2.45) is 28.8 Å². The average molecular weight is 438 g/mol. The van der Waals surface area contributed by atoms with Crippen molar-refractivity contribution in [3.63, 3.8) is 0 Å². The molecule has 1 aromatic rings. The summed E-state index contributed by atoms with van der Waals surface area (Å²) < 4.78 is 12.9. The minimum Gasteiger partial charge on any atom is -0.350 e. The first kappa shape index (κ1) is 20.5. The molecule has 6 heteroatoms. The molecule has 0 N–H and O–H groups in total. The van der Waals surface area contributed by atoms with Gasteiger partial charge in [-0.3, -0.25) is 0 Å². The highest BCUT2D eigenvalue weighted by Crippen LogP contribution is 2.46. The lowest BCUT2D eigenvalue weighted by molar-refractivity contribution is -0.228. The molecule has 0 unspecified atom stereocenters. The Bertz CT molecular complexity index is 705. The van der Waals surface area contributed by atoms with E-state index in [1.165, 1.54) is 0 Å². The number of hydrogen-bond acceptors (Lipinski definition) is 5. The highest BCUT2D eigenvalue weighted by Gasteiger charge is 2.53. The lowest BCUT2D eigenvalue weighted by Gasteiger charge is -2.39. The van der Waals surface area contributed by atoms with Gasteiger partial charge >= 0.3 is 5.97 Å². The van der Waals surface area contributed by atoms with Crippen molar-refractivity contribution < 1.29 is 19.1 Å². The molecule has 2 aliphatic heterocycles. The van der Waals surface area contributed by atoms with E-state index >= 15 is 0 Å². The number of benzene rings is 1. The summed E-state index contributed by atoms with van der Waals surface area (Å²) >= 11 is 3.37. The predicted octanol–water partition coefficient (Wildman–Crippen LogP) is 5.04. The van der Waals surface area contributed by atoms with Crippen LogP contribution in [0.1, 0.15) is 50.9 Å². The standard InChI is InChI=1S/C21H28BrNO4/c1-5-13(2)10-19(18-12-26-21(4)14(3)17(18)11-25-21)23-27-20(24)15-6-8-16(22)9-7-15/h6-9,13-14,17-18H,5,10-12H2,1-4H3/b23-19+/t13-,14+,17-,18-,21-/m0/s1. The van der Waals surface area contributed by atoms with Crippen LogP contribution >= 0.6 is 15.9 Å². The summed E-state index contributed by atoms with van der Waals surface area (Å²) in [5.74, 6) is 0.236. The van der Waals surface area contributed by atoms with E-state index in [0.29, 0.717) is 30.6 Å². The Labute approximate surface area is 169 Å². The van der Waals surface area contributed by atoms with Gasteiger partial charge in [0.2, 0.25) is 0 Å². The van der Waals surface area contributed by atoms with E-state index in [2.05, 4.69) is 41.9 Å². The fourth-order valence-corrected chi connectivity index (χ4v) is 4.05. The molecule has 2 heterocycles. The molecule has 0 amide bonds. The first-order chi connectivity index (χ1) is 12.8. The molecule has 5 nitrogen and oxygen atoms in total. The van der Waals surface area contributed by atoms with Crippen LogP contribution in [0.25, 0.3) is 0 Å². The van der Waals surface area contributed by atoms with Crippen molar-refractivity contribution in [1.82, 2.24) is 0 Å². The van der Waals surface area contributed by atoms with Crippen molar-refractivity contribution in [3.8, 4) is 0 Å². The number of halogens is 1. The van der Waals surface area contributed by atoms with E-state index in [-0.39, 0.29) is 11.8 Å². The normalized spacial score (nSPS) is 31.6. The van der Waals surface area contributed by atoms with Crippen LogP contribution in [0.15, 0.2) is 33.9 Å². The first-order valence-corrected chi connectivity index (χ1v) is 10.4. The van der Waals surface area contributed by atoms with Gasteiger partial charge in [0.1, 0.15) is 0 Å². The van der Waals surface area contributed by atoms with Gasteiger partial charge in [-0.25, -0.2) is 4.79 Å². The van der Waals surface area contributed by atoms with Crippen LogP contribution < -0.4 is 0 Å². The van der Waals surface area contributed by atoms with Crippen molar-refractivity contribution >= 4 is 27.6 Å². The van der Waals surface area contributed by atoms with Gasteiger partial charge in [-0.2, -0.15) is 0 Å². The third-order valence-electron chi connectivity index (χ3n) is 6.11. The monoisotopic (exact) mass is 437 g/mol. The molecule has 0 saturated carbocycles. The zero-order valence-corrected chi connectivity index (χ0v) is 18.0. The molecule has 0 aliphatic carbocycles. The molecular formula is C21H28BrNO4. The highest BCUT2D eigenvalue weighted by molar-refractivity contribution is 9.10. The number of oxime groups is 1. The third kappa shape index (κ3) is 4.44. The van der Waals surface area contributed by atoms with E-state index in [1.807, 2.05) is 19.1 Å². The lowest BCUT2D eigenvalue weighted by Crippen LogP contribution is -2.46. The molecule has 0 aromatic heterocycles. The Balaban J connectivity index is 1.77. The van der Waals surface area contributed by atoms with Gasteiger partial charge in [-0.05, 0) is 43.5 Å². The smallest absolute Gasteiger partial charge is 0.350 e. The minimum atomic E-state index is -0.503. The Hall–Kier alpha value is -1.24. The Kier molecular flexibility index (Phi) is 6.39. The van der Waals surface area contributed by atoms with Crippen molar-refractivity contribution in [2.75, 3.05) is 13.2 Å². The maximum atomic E-state index is 12.4. The number of carbonyl (C=O) groups excluding carboxylic acids is 1. The Morgan fingerprint density at radius 1 is 1.33 bits per heavy atom. The molecular weight excluding hydrogens is 410 g/mol. The molecule has 3 rings (SSSR count). The van der Waals surface area contributed by atoms with E-state index < -0.39 is 11.8 Å². The Morgan fingerprint density at radius 3 is 2.67 bits per heavy atom. The number of hydrogen-bond donors (Lipinski definition) is 0. The van der Waals surface area contributed by atoms with Crippen molar-refractivity contribution in [1.29, 1.82) is 0 Å². The average Bonchev–Trinajstić information content (AvgIpc) is 2.84. The predicted molar refractivity (Wildman–Crippen MR) is 108 cm³/mol. The molecule has 0 spiro atoms. The third-order valence-corrected chi connectivity index (χ3v) is 6.63. The van der Waals surface area contributed by atoms with E-state index in [1.54, 1.807) is 12.1 Å². The zero-order chi connectivity index (χ0) is 19.6. The van der Waals surface area contributed by atoms with Gasteiger partial charge in [0.25, 0.3) is 0 Å².